The molecular weight excluding hydrogens is 298 g/mol. The summed E-state index contributed by atoms with van der Waals surface area (Å²) < 4.78 is 0. The van der Waals surface area contributed by atoms with Crippen LogP contribution in [0.2, 0.25) is 0 Å². The van der Waals surface area contributed by atoms with Crippen LogP contribution in [0.3, 0.4) is 0 Å². The summed E-state index contributed by atoms with van der Waals surface area (Å²) in [4.78, 5) is 0. The van der Waals surface area contributed by atoms with Crippen LogP contribution in [-0.2, 0) is 21.7 Å². The Morgan fingerprint density at radius 2 is 1.56 bits per heavy atom. The summed E-state index contributed by atoms with van der Waals surface area (Å²) in [7, 11) is 0. The Labute approximate surface area is 132 Å². The van der Waals surface area contributed by atoms with Crippen LogP contribution in [-0.4, -0.2) is 0 Å². The van der Waals surface area contributed by atoms with Crippen molar-refractivity contribution in [3.8, 4) is 0 Å². The van der Waals surface area contributed by atoms with E-state index < -0.39 is 0 Å². The second-order valence-corrected chi connectivity index (χ2v) is 2.66. The fourth-order valence-corrected chi connectivity index (χ4v) is 0.875. The number of rotatable bonds is 0. The van der Waals surface area contributed by atoms with Crippen LogP contribution in [0.25, 0.3) is 0 Å². The van der Waals surface area contributed by atoms with Gasteiger partial charge in [-0.3, -0.25) is 6.08 Å². The number of hydrogen-bond acceptors (Lipinski definition) is 0. The van der Waals surface area contributed by atoms with E-state index in [0.717, 1.165) is 6.42 Å². The molecule has 0 heterocycles. The van der Waals surface area contributed by atoms with Crippen molar-refractivity contribution in [2.24, 2.45) is 0 Å². The minimum atomic E-state index is 0. The Morgan fingerprint density at radius 1 is 1.00 bits per heavy atom. The van der Waals surface area contributed by atoms with Crippen LogP contribution in [0, 0.1) is 13.0 Å². The Hall–Kier alpha value is 0.284. The molecule has 0 fully saturated rings. The molecule has 0 spiro atoms. The van der Waals surface area contributed by atoms with Gasteiger partial charge in [-0.05, 0) is 6.92 Å². The summed E-state index contributed by atoms with van der Waals surface area (Å²) in [5, 5.41) is 0. The predicted molar refractivity (Wildman–Crippen MR) is 74.5 cm³/mol. The number of benzene rings is 1. The van der Waals surface area contributed by atoms with Gasteiger partial charge in [0.25, 0.3) is 0 Å². The van der Waals surface area contributed by atoms with E-state index in [4.69, 9.17) is 0 Å². The Kier molecular flexibility index (Phi) is 27.8. The number of aryl methyl sites for hydroxylation is 1. The number of hydrogen-bond donors (Lipinski definition) is 0. The minimum absolute atomic E-state index is 0. The molecule has 0 nitrogen and oxygen atoms in total. The molecule has 1 aliphatic rings. The molecule has 1 aliphatic carbocycles. The normalized spacial score (nSPS) is 9.31. The van der Waals surface area contributed by atoms with Gasteiger partial charge in [0.05, 0.1) is 0 Å². The van der Waals surface area contributed by atoms with Gasteiger partial charge in [-0.25, -0.2) is 12.2 Å². The van der Waals surface area contributed by atoms with Crippen LogP contribution in [0.5, 0.6) is 0 Å². The Morgan fingerprint density at radius 3 is 1.75 bits per heavy atom. The van der Waals surface area contributed by atoms with Gasteiger partial charge in [0.15, 0.2) is 0 Å². The van der Waals surface area contributed by atoms with E-state index >= 15 is 0 Å². The zero-order chi connectivity index (χ0) is 8.65. The van der Waals surface area contributed by atoms with Crippen molar-refractivity contribution in [2.75, 3.05) is 0 Å². The van der Waals surface area contributed by atoms with Crippen LogP contribution < -0.4 is 0 Å². The van der Waals surface area contributed by atoms with Crippen LogP contribution in [0.4, 0.5) is 0 Å². The van der Waals surface area contributed by atoms with Crippen molar-refractivity contribution in [1.29, 1.82) is 0 Å². The maximum atomic E-state index is 2.99. The maximum Gasteiger partial charge on any atom is 0 e. The molecule has 90 valence electrons. The molecule has 0 aromatic heterocycles. The molecule has 1 aromatic carbocycles. The standard InChI is InChI=1S/C7H8.C5H5.3ClH.Ti/c1-7-5-3-2-4-6-7;1-2-4-5-3-1;;;;/h2-6H,1H3;1-3H,4H2;3*1H;/q;-1;;;;. The monoisotopic (exact) mass is 313 g/mol. The van der Waals surface area contributed by atoms with E-state index in [2.05, 4.69) is 31.2 Å². The van der Waals surface area contributed by atoms with Crippen molar-refractivity contribution in [1.82, 2.24) is 0 Å². The fourth-order valence-electron chi connectivity index (χ4n) is 0.875. The van der Waals surface area contributed by atoms with Crippen molar-refractivity contribution in [3.05, 3.63) is 60.2 Å². The zero-order valence-corrected chi connectivity index (χ0v) is 13.1. The SMILES string of the molecule is Cc1ccccc1.Cl.Cl.Cl.[C-]1=CC=CC1.[Ti]. The molecule has 0 saturated carbocycles. The molecular formula is C12H16Cl3Ti-. The summed E-state index contributed by atoms with van der Waals surface area (Å²) in [5.74, 6) is 0. The molecule has 0 radical (unpaired) electrons. The van der Waals surface area contributed by atoms with Gasteiger partial charge in [-0.1, -0.05) is 35.9 Å². The third kappa shape index (κ3) is 14.3. The van der Waals surface area contributed by atoms with E-state index in [9.17, 15) is 0 Å². The first kappa shape index (κ1) is 25.2. The summed E-state index contributed by atoms with van der Waals surface area (Å²) >= 11 is 0. The smallest absolute Gasteiger partial charge is 0 e. The quantitative estimate of drug-likeness (QED) is 0.486. The summed E-state index contributed by atoms with van der Waals surface area (Å²) in [5.41, 5.74) is 1.32. The molecule has 0 aliphatic heterocycles. The average Bonchev–Trinajstić information content (AvgIpc) is 2.62. The van der Waals surface area contributed by atoms with Gasteiger partial charge in [-0.15, -0.1) is 43.6 Å². The predicted octanol–water partition coefficient (Wildman–Crippen LogP) is 4.56. The van der Waals surface area contributed by atoms with Crippen molar-refractivity contribution in [2.45, 2.75) is 13.3 Å². The third-order valence-electron chi connectivity index (χ3n) is 1.53. The fraction of sp³-hybridized carbons (Fsp3) is 0.167. The first-order valence-corrected chi connectivity index (χ1v) is 4.13. The van der Waals surface area contributed by atoms with E-state index in [1.807, 2.05) is 30.4 Å². The molecule has 1 aromatic rings. The van der Waals surface area contributed by atoms with E-state index in [0.29, 0.717) is 0 Å². The molecule has 0 unspecified atom stereocenters. The van der Waals surface area contributed by atoms with Gasteiger partial charge < -0.3 is 0 Å². The van der Waals surface area contributed by atoms with Crippen LogP contribution >= 0.6 is 37.2 Å². The Bertz CT molecular complexity index is 261. The first-order chi connectivity index (χ1) is 5.89. The van der Waals surface area contributed by atoms with E-state index in [-0.39, 0.29) is 58.9 Å². The first-order valence-electron chi connectivity index (χ1n) is 4.13. The van der Waals surface area contributed by atoms with Crippen molar-refractivity contribution >= 4 is 37.2 Å². The van der Waals surface area contributed by atoms with Gasteiger partial charge in [-0.2, -0.15) is 6.08 Å². The minimum Gasteiger partial charge on any atom is -0.273 e. The average molecular weight is 314 g/mol. The number of allylic oxidation sites excluding steroid dienone is 4. The summed E-state index contributed by atoms with van der Waals surface area (Å²) in [6.07, 6.45) is 10.0. The van der Waals surface area contributed by atoms with Gasteiger partial charge in [0, 0.05) is 21.7 Å². The van der Waals surface area contributed by atoms with Crippen LogP contribution in [0.1, 0.15) is 12.0 Å². The zero-order valence-electron chi connectivity index (χ0n) is 9.05. The molecule has 0 atom stereocenters. The van der Waals surface area contributed by atoms with E-state index in [1.165, 1.54) is 5.56 Å². The summed E-state index contributed by atoms with van der Waals surface area (Å²) in [6, 6.07) is 10.3. The molecule has 0 amide bonds. The van der Waals surface area contributed by atoms with Crippen LogP contribution in [0.15, 0.2) is 48.6 Å². The van der Waals surface area contributed by atoms with Crippen molar-refractivity contribution in [3.63, 3.8) is 0 Å². The molecule has 2 rings (SSSR count). The van der Waals surface area contributed by atoms with Gasteiger partial charge >= 0.3 is 0 Å². The number of halogens is 3. The molecule has 0 saturated heterocycles. The second kappa shape index (κ2) is 17.7. The van der Waals surface area contributed by atoms with Gasteiger partial charge in [0.2, 0.25) is 0 Å². The molecule has 16 heavy (non-hydrogen) atoms. The Balaban J connectivity index is -0.0000000739. The van der Waals surface area contributed by atoms with Crippen molar-refractivity contribution < 1.29 is 21.7 Å². The molecule has 4 heteroatoms. The maximum absolute atomic E-state index is 2.99. The topological polar surface area (TPSA) is 0 Å². The van der Waals surface area contributed by atoms with Gasteiger partial charge in [0.1, 0.15) is 0 Å². The third-order valence-corrected chi connectivity index (χ3v) is 1.53. The summed E-state index contributed by atoms with van der Waals surface area (Å²) in [6.45, 7) is 2.08. The second-order valence-electron chi connectivity index (χ2n) is 2.66. The largest absolute Gasteiger partial charge is 0.273 e. The molecule has 0 N–H and O–H groups in total. The molecule has 0 bridgehead atoms. The van der Waals surface area contributed by atoms with E-state index in [1.54, 1.807) is 0 Å².